The number of aryl methyl sites for hydroxylation is 1. The van der Waals surface area contributed by atoms with Crippen molar-refractivity contribution in [2.45, 2.75) is 11.8 Å². The van der Waals surface area contributed by atoms with Gasteiger partial charge in [-0.1, -0.05) is 6.07 Å². The van der Waals surface area contributed by atoms with Gasteiger partial charge in [-0.15, -0.1) is 0 Å². The zero-order chi connectivity index (χ0) is 20.3. The number of rotatable bonds is 4. The minimum Gasteiger partial charge on any atom is -0.332 e. The van der Waals surface area contributed by atoms with Crippen molar-refractivity contribution in [2.24, 2.45) is 0 Å². The van der Waals surface area contributed by atoms with Crippen molar-refractivity contribution in [1.29, 1.82) is 0 Å². The monoisotopic (exact) mass is 422 g/mol. The fourth-order valence-corrected chi connectivity index (χ4v) is 4.86. The van der Waals surface area contributed by atoms with Gasteiger partial charge >= 0.3 is 0 Å². The molecule has 28 heavy (non-hydrogen) atoms. The van der Waals surface area contributed by atoms with E-state index in [1.54, 1.807) is 37.3 Å². The zero-order valence-corrected chi connectivity index (χ0v) is 17.4. The molecule has 2 aromatic carbocycles. The predicted octanol–water partition coefficient (Wildman–Crippen LogP) is 2.88. The molecule has 0 aromatic heterocycles. The number of nitrogens with zero attached hydrogens (tertiary/aromatic N) is 2. The summed E-state index contributed by atoms with van der Waals surface area (Å²) in [5, 5.41) is 6.23. The first-order valence-electron chi connectivity index (χ1n) is 8.88. The number of benzene rings is 2. The molecule has 0 radical (unpaired) electrons. The Labute approximate surface area is 170 Å². The van der Waals surface area contributed by atoms with Crippen molar-refractivity contribution >= 4 is 38.7 Å². The average Bonchev–Trinajstić information content (AvgIpc) is 2.65. The molecule has 0 saturated carbocycles. The van der Waals surface area contributed by atoms with Gasteiger partial charge in [-0.25, -0.2) is 12.8 Å². The lowest BCUT2D eigenvalue weighted by Crippen LogP contribution is -2.47. The molecule has 1 aliphatic rings. The highest BCUT2D eigenvalue weighted by Gasteiger charge is 2.28. The van der Waals surface area contributed by atoms with Crippen LogP contribution in [0, 0.1) is 12.7 Å². The summed E-state index contributed by atoms with van der Waals surface area (Å²) in [5.74, 6) is -0.332. The van der Waals surface area contributed by atoms with E-state index in [-0.39, 0.29) is 10.7 Å². The molecule has 9 heteroatoms. The molecule has 0 spiro atoms. The van der Waals surface area contributed by atoms with Crippen molar-refractivity contribution in [1.82, 2.24) is 9.21 Å². The largest absolute Gasteiger partial charge is 0.332 e. The van der Waals surface area contributed by atoms with Crippen LogP contribution in [0.3, 0.4) is 0 Å². The molecule has 2 aromatic rings. The van der Waals surface area contributed by atoms with Gasteiger partial charge in [0.05, 0.1) is 4.90 Å². The smallest absolute Gasteiger partial charge is 0.243 e. The number of nitrogens with one attached hydrogen (secondary N) is 2. The second kappa shape index (κ2) is 8.52. The predicted molar refractivity (Wildman–Crippen MR) is 114 cm³/mol. The van der Waals surface area contributed by atoms with Crippen LogP contribution in [0.1, 0.15) is 5.56 Å². The van der Waals surface area contributed by atoms with E-state index in [1.807, 2.05) is 7.05 Å². The second-order valence-corrected chi connectivity index (χ2v) is 9.09. The minimum absolute atomic E-state index is 0.270. The summed E-state index contributed by atoms with van der Waals surface area (Å²) >= 11 is 5.28. The Morgan fingerprint density at radius 3 is 2.21 bits per heavy atom. The molecule has 0 bridgehead atoms. The Morgan fingerprint density at radius 1 is 1.00 bits per heavy atom. The summed E-state index contributed by atoms with van der Waals surface area (Å²) < 4.78 is 40.7. The Morgan fingerprint density at radius 2 is 1.57 bits per heavy atom. The third-order valence-electron chi connectivity index (χ3n) is 4.63. The number of hydrogen-bond acceptors (Lipinski definition) is 4. The molecule has 2 N–H and O–H groups in total. The Hall–Kier alpha value is -2.07. The first-order chi connectivity index (χ1) is 13.3. The van der Waals surface area contributed by atoms with Gasteiger partial charge in [0.1, 0.15) is 5.82 Å². The van der Waals surface area contributed by atoms with E-state index in [1.165, 1.54) is 16.4 Å². The molecule has 6 nitrogen and oxygen atoms in total. The molecule has 150 valence electrons. The van der Waals surface area contributed by atoms with Crippen LogP contribution in [-0.2, 0) is 10.0 Å². The second-order valence-electron chi connectivity index (χ2n) is 6.77. The van der Waals surface area contributed by atoms with Gasteiger partial charge in [0, 0.05) is 37.6 Å². The Kier molecular flexibility index (Phi) is 6.29. The highest BCUT2D eigenvalue weighted by atomic mass is 32.2. The van der Waals surface area contributed by atoms with E-state index >= 15 is 0 Å². The third-order valence-corrected chi connectivity index (χ3v) is 6.87. The van der Waals surface area contributed by atoms with Crippen molar-refractivity contribution < 1.29 is 12.8 Å². The topological polar surface area (TPSA) is 64.7 Å². The molecular formula is C19H23FN4O2S2. The summed E-state index contributed by atoms with van der Waals surface area (Å²) in [5.41, 5.74) is 1.89. The molecule has 0 atom stereocenters. The number of sulfonamides is 1. The van der Waals surface area contributed by atoms with Crippen molar-refractivity contribution in [3.63, 3.8) is 0 Å². The van der Waals surface area contributed by atoms with E-state index in [4.69, 9.17) is 12.2 Å². The van der Waals surface area contributed by atoms with E-state index in [9.17, 15) is 12.8 Å². The van der Waals surface area contributed by atoms with E-state index < -0.39 is 10.0 Å². The van der Waals surface area contributed by atoms with Crippen molar-refractivity contribution in [2.75, 3.05) is 43.9 Å². The van der Waals surface area contributed by atoms with Crippen LogP contribution in [0.4, 0.5) is 15.8 Å². The maximum Gasteiger partial charge on any atom is 0.243 e. The number of piperazine rings is 1. The van der Waals surface area contributed by atoms with Gasteiger partial charge in [0.2, 0.25) is 10.0 Å². The highest BCUT2D eigenvalue weighted by molar-refractivity contribution is 7.89. The number of anilines is 2. The summed E-state index contributed by atoms with van der Waals surface area (Å²) in [6, 6.07) is 10.9. The lowest BCUT2D eigenvalue weighted by atomic mass is 10.2. The molecule has 1 heterocycles. The lowest BCUT2D eigenvalue weighted by Gasteiger charge is -2.32. The fourth-order valence-electron chi connectivity index (χ4n) is 2.95. The first-order valence-corrected chi connectivity index (χ1v) is 10.7. The maximum absolute atomic E-state index is 13.1. The molecule has 0 amide bonds. The van der Waals surface area contributed by atoms with Gasteiger partial charge in [-0.3, -0.25) is 0 Å². The quantitative estimate of drug-likeness (QED) is 0.739. The van der Waals surface area contributed by atoms with Crippen LogP contribution in [-0.4, -0.2) is 56.0 Å². The van der Waals surface area contributed by atoms with Crippen LogP contribution < -0.4 is 10.6 Å². The van der Waals surface area contributed by atoms with Gasteiger partial charge in [0.25, 0.3) is 0 Å². The Bertz CT molecular complexity index is 956. The van der Waals surface area contributed by atoms with E-state index in [0.717, 1.165) is 0 Å². The highest BCUT2D eigenvalue weighted by Crippen LogP contribution is 2.24. The summed E-state index contributed by atoms with van der Waals surface area (Å²) in [4.78, 5) is 2.38. The SMILES string of the molecule is Cc1ccc(NC(=S)Nc2ccc(F)cc2)cc1S(=O)(=O)N1CCN(C)CC1. The van der Waals surface area contributed by atoms with Gasteiger partial charge in [-0.2, -0.15) is 4.31 Å². The van der Waals surface area contributed by atoms with Crippen LogP contribution in [0.25, 0.3) is 0 Å². The lowest BCUT2D eigenvalue weighted by molar-refractivity contribution is 0.222. The molecule has 3 rings (SSSR count). The van der Waals surface area contributed by atoms with Crippen molar-refractivity contribution in [3.05, 3.63) is 53.8 Å². The molecule has 1 aliphatic heterocycles. The van der Waals surface area contributed by atoms with E-state index in [2.05, 4.69) is 15.5 Å². The van der Waals surface area contributed by atoms with Crippen LogP contribution in [0.5, 0.6) is 0 Å². The number of thiocarbonyl (C=S) groups is 1. The molecule has 1 fully saturated rings. The van der Waals surface area contributed by atoms with Gasteiger partial charge in [-0.05, 0) is 68.2 Å². The zero-order valence-electron chi connectivity index (χ0n) is 15.8. The normalized spacial score (nSPS) is 16.0. The van der Waals surface area contributed by atoms with Crippen LogP contribution in [0.15, 0.2) is 47.4 Å². The number of likely N-dealkylation sites (N-methyl/N-ethyl adjacent to an activating group) is 1. The number of hydrogen-bond donors (Lipinski definition) is 2. The number of halogens is 1. The summed E-state index contributed by atoms with van der Waals surface area (Å²) in [7, 11) is -1.60. The third kappa shape index (κ3) is 4.85. The molecule has 1 saturated heterocycles. The van der Waals surface area contributed by atoms with Gasteiger partial charge < -0.3 is 15.5 Å². The first kappa shape index (κ1) is 20.7. The fraction of sp³-hybridized carbons (Fsp3) is 0.316. The summed E-state index contributed by atoms with van der Waals surface area (Å²) in [6.45, 7) is 4.15. The summed E-state index contributed by atoms with van der Waals surface area (Å²) in [6.07, 6.45) is 0. The maximum atomic E-state index is 13.1. The van der Waals surface area contributed by atoms with Gasteiger partial charge in [0.15, 0.2) is 5.11 Å². The molecule has 0 unspecified atom stereocenters. The standard InChI is InChI=1S/C19H23FN4O2S2/c1-14-3-6-17(22-19(27)21-16-7-4-15(20)5-8-16)13-18(14)28(25,26)24-11-9-23(2)10-12-24/h3-8,13H,9-12H2,1-2H3,(H2,21,22,27). The Balaban J connectivity index is 1.75. The average molecular weight is 423 g/mol. The van der Waals surface area contributed by atoms with Crippen molar-refractivity contribution in [3.8, 4) is 0 Å². The van der Waals surface area contributed by atoms with E-state index in [0.29, 0.717) is 48.2 Å². The van der Waals surface area contributed by atoms with Crippen LogP contribution >= 0.6 is 12.2 Å². The molecular weight excluding hydrogens is 399 g/mol. The van der Waals surface area contributed by atoms with Crippen LogP contribution in [0.2, 0.25) is 0 Å². The molecule has 0 aliphatic carbocycles. The minimum atomic E-state index is -3.58.